The lowest BCUT2D eigenvalue weighted by molar-refractivity contribution is 0.660. The molecule has 0 amide bonds. The zero-order valence-electron chi connectivity index (χ0n) is 44.1. The summed E-state index contributed by atoms with van der Waals surface area (Å²) >= 11 is 0. The van der Waals surface area contributed by atoms with E-state index in [1.54, 1.807) is 0 Å². The van der Waals surface area contributed by atoms with Crippen LogP contribution < -0.4 is 4.90 Å². The Kier molecular flexibility index (Phi) is 10.9. The van der Waals surface area contributed by atoms with Gasteiger partial charge >= 0.3 is 0 Å². The number of hydrogen-bond donors (Lipinski definition) is 0. The van der Waals surface area contributed by atoms with Gasteiger partial charge in [0.1, 0.15) is 0 Å². The van der Waals surface area contributed by atoms with E-state index in [0.29, 0.717) is 0 Å². The fourth-order valence-electron chi connectivity index (χ4n) is 13.0. The summed E-state index contributed by atoms with van der Waals surface area (Å²) < 4.78 is 2.43. The van der Waals surface area contributed by atoms with E-state index in [2.05, 4.69) is 315 Å². The predicted molar refractivity (Wildman–Crippen MR) is 335 cm³/mol. The highest BCUT2D eigenvalue weighted by molar-refractivity contribution is 6.22. The van der Waals surface area contributed by atoms with Crippen LogP contribution in [0.25, 0.3) is 116 Å². The summed E-state index contributed by atoms with van der Waals surface area (Å²) in [7, 11) is 0. The summed E-state index contributed by atoms with van der Waals surface area (Å²) in [5, 5.41) is 7.49. The van der Waals surface area contributed by atoms with Gasteiger partial charge in [-0.1, -0.05) is 226 Å². The predicted octanol–water partition coefficient (Wildman–Crippen LogP) is 21.2. The molecule has 2 nitrogen and oxygen atoms in total. The molecule has 0 aliphatic heterocycles. The van der Waals surface area contributed by atoms with Crippen molar-refractivity contribution in [1.29, 1.82) is 0 Å². The van der Waals surface area contributed by atoms with Crippen molar-refractivity contribution in [3.05, 3.63) is 302 Å². The normalized spacial score (nSPS) is 12.5. The van der Waals surface area contributed by atoms with Crippen LogP contribution in [0.3, 0.4) is 0 Å². The first-order chi connectivity index (χ1) is 39.0. The maximum absolute atomic E-state index is 2.49. The van der Waals surface area contributed by atoms with Crippen LogP contribution in [0, 0.1) is 0 Å². The highest BCUT2D eigenvalue weighted by atomic mass is 15.1. The average Bonchev–Trinajstić information content (AvgIpc) is 4.23. The summed E-state index contributed by atoms with van der Waals surface area (Å²) in [5.74, 6) is 0. The molecule has 14 aromatic rings. The van der Waals surface area contributed by atoms with E-state index in [0.717, 1.165) is 22.7 Å². The molecular weight excluding hydrogens is 953 g/mol. The molecular formula is C77H54N2. The summed E-state index contributed by atoms with van der Waals surface area (Å²) in [4.78, 5) is 2.41. The van der Waals surface area contributed by atoms with Crippen LogP contribution in [0.1, 0.15) is 25.0 Å². The first-order valence-corrected chi connectivity index (χ1v) is 27.5. The summed E-state index contributed by atoms with van der Waals surface area (Å²) in [6, 6.07) is 107. The van der Waals surface area contributed by atoms with Gasteiger partial charge in [0.25, 0.3) is 0 Å². The van der Waals surface area contributed by atoms with E-state index in [1.807, 2.05) is 0 Å². The minimum absolute atomic E-state index is 0.277. The third kappa shape index (κ3) is 7.63. The van der Waals surface area contributed by atoms with Gasteiger partial charge in [0.15, 0.2) is 0 Å². The molecule has 79 heavy (non-hydrogen) atoms. The average molecular weight is 1010 g/mol. The summed E-state index contributed by atoms with van der Waals surface area (Å²) in [6.45, 7) is 4.81. The zero-order valence-corrected chi connectivity index (χ0v) is 44.1. The van der Waals surface area contributed by atoms with Crippen molar-refractivity contribution < 1.29 is 0 Å². The number of aromatic nitrogens is 1. The van der Waals surface area contributed by atoms with Gasteiger partial charge in [-0.05, 0) is 178 Å². The molecule has 1 heterocycles. The Morgan fingerprint density at radius 3 is 1.24 bits per heavy atom. The topological polar surface area (TPSA) is 8.17 Å². The minimum atomic E-state index is -0.277. The van der Waals surface area contributed by atoms with Crippen molar-refractivity contribution in [3.63, 3.8) is 0 Å². The van der Waals surface area contributed by atoms with Crippen molar-refractivity contribution in [1.82, 2.24) is 4.57 Å². The maximum atomic E-state index is 2.49. The third-order valence-corrected chi connectivity index (χ3v) is 16.8. The van der Waals surface area contributed by atoms with Crippen molar-refractivity contribution in [3.8, 4) is 72.4 Å². The van der Waals surface area contributed by atoms with Crippen LogP contribution in [0.15, 0.2) is 291 Å². The van der Waals surface area contributed by atoms with Crippen LogP contribution in [0.2, 0.25) is 0 Å². The second-order valence-electron chi connectivity index (χ2n) is 21.6. The van der Waals surface area contributed by atoms with Crippen LogP contribution >= 0.6 is 0 Å². The Bertz CT molecular complexity index is 4500. The summed E-state index contributed by atoms with van der Waals surface area (Å²) in [5.41, 5.74) is 24.1. The Hall–Kier alpha value is -10.0. The molecule has 0 bridgehead atoms. The molecule has 372 valence electrons. The largest absolute Gasteiger partial charge is 0.310 e. The van der Waals surface area contributed by atoms with E-state index in [-0.39, 0.29) is 5.41 Å². The number of nitrogens with zero attached hydrogens (tertiary/aromatic N) is 2. The SMILES string of the molecule is CC1(C)c2cc(-c3c4ccccc4c(-c4ccccc4-c4ccccc4)c4ccccc34)ccc2-c2ccc(N(c3ccccc3)c3ccc(-n4c5ccc(-c6ccccc6)cc5c5cc(-c6ccccc6)ccc54)cc3)cc21. The number of para-hydroxylation sites is 1. The van der Waals surface area contributed by atoms with Gasteiger partial charge in [-0.3, -0.25) is 0 Å². The van der Waals surface area contributed by atoms with Crippen LogP contribution in [0.4, 0.5) is 17.1 Å². The van der Waals surface area contributed by atoms with Crippen LogP contribution in [0.5, 0.6) is 0 Å². The van der Waals surface area contributed by atoms with E-state index in [1.165, 1.54) is 121 Å². The van der Waals surface area contributed by atoms with Crippen molar-refractivity contribution in [2.75, 3.05) is 4.90 Å². The summed E-state index contributed by atoms with van der Waals surface area (Å²) in [6.07, 6.45) is 0. The minimum Gasteiger partial charge on any atom is -0.310 e. The number of benzene rings is 13. The van der Waals surface area contributed by atoms with Crippen LogP contribution in [-0.4, -0.2) is 4.57 Å². The van der Waals surface area contributed by atoms with Gasteiger partial charge in [-0.15, -0.1) is 0 Å². The molecule has 0 unspecified atom stereocenters. The fourth-order valence-corrected chi connectivity index (χ4v) is 13.0. The lowest BCUT2D eigenvalue weighted by atomic mass is 9.80. The van der Waals surface area contributed by atoms with E-state index in [4.69, 9.17) is 0 Å². The second kappa shape index (κ2) is 18.6. The molecule has 13 aromatic carbocycles. The molecule has 0 atom stereocenters. The highest BCUT2D eigenvalue weighted by Crippen LogP contribution is 2.53. The maximum Gasteiger partial charge on any atom is 0.0541 e. The molecule has 0 saturated carbocycles. The van der Waals surface area contributed by atoms with Gasteiger partial charge in [0, 0.05) is 38.9 Å². The zero-order chi connectivity index (χ0) is 52.6. The Balaban J connectivity index is 0.822. The lowest BCUT2D eigenvalue weighted by Crippen LogP contribution is -2.16. The van der Waals surface area contributed by atoms with E-state index >= 15 is 0 Å². The molecule has 0 fully saturated rings. The van der Waals surface area contributed by atoms with Gasteiger partial charge in [0.2, 0.25) is 0 Å². The van der Waals surface area contributed by atoms with Gasteiger partial charge in [-0.25, -0.2) is 0 Å². The highest BCUT2D eigenvalue weighted by Gasteiger charge is 2.37. The smallest absolute Gasteiger partial charge is 0.0541 e. The second-order valence-corrected chi connectivity index (χ2v) is 21.6. The number of anilines is 3. The Labute approximate surface area is 461 Å². The number of hydrogen-bond acceptors (Lipinski definition) is 1. The van der Waals surface area contributed by atoms with Gasteiger partial charge in [0.05, 0.1) is 11.0 Å². The van der Waals surface area contributed by atoms with Crippen molar-refractivity contribution in [2.24, 2.45) is 0 Å². The fraction of sp³-hybridized carbons (Fsp3) is 0.0390. The number of rotatable bonds is 9. The van der Waals surface area contributed by atoms with Crippen LogP contribution in [-0.2, 0) is 5.41 Å². The van der Waals surface area contributed by atoms with E-state index < -0.39 is 0 Å². The molecule has 2 heteroatoms. The Morgan fingerprint density at radius 1 is 0.266 bits per heavy atom. The standard InChI is InChI=1S/C77H54N2/c1-77(2)71-49-56(75-65-31-17-19-33-67(65)76(68-34-20-18-32-66(68)75)64-30-16-15-29-61(64)53-25-11-5-12-26-53)35-43-62(71)63-44-42-60(50-72(63)77)78(57-27-13-6-14-28-57)58-38-40-59(41-39-58)79-73-45-36-54(51-21-7-3-8-22-51)47-69(73)70-48-55(37-46-74(70)79)52-23-9-4-10-24-52/h3-50H,1-2H3. The van der Waals surface area contributed by atoms with Crippen molar-refractivity contribution >= 4 is 60.4 Å². The number of fused-ring (bicyclic) bond motifs is 8. The third-order valence-electron chi connectivity index (χ3n) is 16.8. The first kappa shape index (κ1) is 46.3. The van der Waals surface area contributed by atoms with Gasteiger partial charge < -0.3 is 9.47 Å². The monoisotopic (exact) mass is 1010 g/mol. The van der Waals surface area contributed by atoms with E-state index in [9.17, 15) is 0 Å². The molecule has 1 aromatic heterocycles. The molecule has 15 rings (SSSR count). The molecule has 0 saturated heterocycles. The van der Waals surface area contributed by atoms with Gasteiger partial charge in [-0.2, -0.15) is 0 Å². The first-order valence-electron chi connectivity index (χ1n) is 27.5. The molecule has 0 radical (unpaired) electrons. The quantitative estimate of drug-likeness (QED) is 0.131. The molecule has 1 aliphatic rings. The lowest BCUT2D eigenvalue weighted by Gasteiger charge is -2.28. The molecule has 0 spiro atoms. The molecule has 1 aliphatic carbocycles. The Morgan fingerprint density at radius 2 is 0.684 bits per heavy atom. The molecule has 0 N–H and O–H groups in total. The van der Waals surface area contributed by atoms with Crippen molar-refractivity contribution in [2.45, 2.75) is 19.3 Å².